The van der Waals surface area contributed by atoms with Gasteiger partial charge in [-0.3, -0.25) is 9.98 Å². The van der Waals surface area contributed by atoms with Gasteiger partial charge in [0.15, 0.2) is 16.7 Å². The number of fused-ring (bicyclic) bond motifs is 1. The number of amidine groups is 1. The first-order chi connectivity index (χ1) is 13.7. The standard InChI is InChI=1S/C21H24BrN3O2S/c1-4-14-12-28-21-24-18(16-8-6-7-9-23-16)19(25(14)21)13-10-15(22)20(26-3)17(11-13)27-5-2/h6-11,14,18-19H,4-5,12H2,1-3H3. The van der Waals surface area contributed by atoms with Gasteiger partial charge < -0.3 is 14.4 Å². The second-order valence-electron chi connectivity index (χ2n) is 6.80. The number of methoxy groups -OCH3 is 1. The molecule has 1 fully saturated rings. The fourth-order valence-electron chi connectivity index (χ4n) is 3.93. The van der Waals surface area contributed by atoms with Crippen molar-refractivity contribution in [2.45, 2.75) is 38.4 Å². The fourth-order valence-corrected chi connectivity index (χ4v) is 5.89. The number of aliphatic imine (C=N–C) groups is 1. The van der Waals surface area contributed by atoms with Crippen molar-refractivity contribution in [2.75, 3.05) is 19.5 Å². The highest BCUT2D eigenvalue weighted by Crippen LogP contribution is 2.50. The Bertz CT molecular complexity index is 877. The van der Waals surface area contributed by atoms with Gasteiger partial charge in [-0.1, -0.05) is 24.8 Å². The Morgan fingerprint density at radius 3 is 2.82 bits per heavy atom. The molecule has 0 amide bonds. The molecule has 4 rings (SSSR count). The largest absolute Gasteiger partial charge is 0.492 e. The van der Waals surface area contributed by atoms with E-state index in [9.17, 15) is 0 Å². The van der Waals surface area contributed by atoms with E-state index in [0.29, 0.717) is 12.6 Å². The first kappa shape index (κ1) is 19.6. The minimum absolute atomic E-state index is 0.0344. The molecule has 0 saturated carbocycles. The van der Waals surface area contributed by atoms with E-state index in [4.69, 9.17) is 14.5 Å². The number of aromatic nitrogens is 1. The number of pyridine rings is 1. The second kappa shape index (κ2) is 8.33. The predicted octanol–water partition coefficient (Wildman–Crippen LogP) is 5.23. The maximum absolute atomic E-state index is 5.88. The van der Waals surface area contributed by atoms with Crippen LogP contribution in [-0.2, 0) is 0 Å². The molecule has 0 spiro atoms. The highest BCUT2D eigenvalue weighted by molar-refractivity contribution is 9.10. The molecule has 2 aliphatic heterocycles. The molecule has 2 aliphatic rings. The quantitative estimate of drug-likeness (QED) is 0.588. The fraction of sp³-hybridized carbons (Fsp3) is 0.429. The van der Waals surface area contributed by atoms with Crippen LogP contribution in [0.3, 0.4) is 0 Å². The molecule has 1 aromatic heterocycles. The molecular weight excluding hydrogens is 438 g/mol. The Kier molecular flexibility index (Phi) is 5.83. The lowest BCUT2D eigenvalue weighted by Crippen LogP contribution is -2.35. The third kappa shape index (κ3) is 3.39. The number of halogens is 1. The molecule has 3 unspecified atom stereocenters. The molecule has 0 N–H and O–H groups in total. The van der Waals surface area contributed by atoms with E-state index in [1.165, 1.54) is 0 Å². The van der Waals surface area contributed by atoms with Crippen molar-refractivity contribution in [1.29, 1.82) is 0 Å². The van der Waals surface area contributed by atoms with Crippen LogP contribution in [0.1, 0.15) is 43.6 Å². The van der Waals surface area contributed by atoms with Crippen LogP contribution in [0.15, 0.2) is 46.0 Å². The summed E-state index contributed by atoms with van der Waals surface area (Å²) in [6.07, 6.45) is 2.93. The van der Waals surface area contributed by atoms with Crippen molar-refractivity contribution in [2.24, 2.45) is 4.99 Å². The lowest BCUT2D eigenvalue weighted by Gasteiger charge is -2.32. The van der Waals surface area contributed by atoms with Crippen LogP contribution in [-0.4, -0.2) is 40.6 Å². The summed E-state index contributed by atoms with van der Waals surface area (Å²) in [7, 11) is 1.67. The monoisotopic (exact) mass is 461 g/mol. The van der Waals surface area contributed by atoms with Gasteiger partial charge in [-0.2, -0.15) is 0 Å². The molecule has 7 heteroatoms. The van der Waals surface area contributed by atoms with Crippen molar-refractivity contribution in [3.63, 3.8) is 0 Å². The van der Waals surface area contributed by atoms with Gasteiger partial charge in [0.1, 0.15) is 6.04 Å². The van der Waals surface area contributed by atoms with Crippen LogP contribution in [0.4, 0.5) is 0 Å². The Hall–Kier alpha value is -1.73. The van der Waals surface area contributed by atoms with E-state index in [0.717, 1.165) is 44.6 Å². The van der Waals surface area contributed by atoms with E-state index >= 15 is 0 Å². The van der Waals surface area contributed by atoms with E-state index in [-0.39, 0.29) is 12.1 Å². The second-order valence-corrected chi connectivity index (χ2v) is 8.64. The zero-order valence-electron chi connectivity index (χ0n) is 16.3. The SMILES string of the molecule is CCOc1cc(C2C(c3ccccn3)N=C3SCC(CC)N32)cc(Br)c1OC. The van der Waals surface area contributed by atoms with Crippen LogP contribution >= 0.6 is 27.7 Å². The average molecular weight is 462 g/mol. The highest BCUT2D eigenvalue weighted by Gasteiger charge is 2.45. The third-order valence-electron chi connectivity index (χ3n) is 5.21. The Labute approximate surface area is 178 Å². The van der Waals surface area contributed by atoms with Gasteiger partial charge in [0.2, 0.25) is 0 Å². The molecular formula is C21H24BrN3O2S. The molecule has 1 saturated heterocycles. The Balaban J connectivity index is 1.82. The number of hydrogen-bond acceptors (Lipinski definition) is 6. The van der Waals surface area contributed by atoms with Gasteiger partial charge in [0.05, 0.1) is 29.9 Å². The first-order valence-corrected chi connectivity index (χ1v) is 11.4. The van der Waals surface area contributed by atoms with Crippen molar-refractivity contribution >= 4 is 32.9 Å². The lowest BCUT2D eigenvalue weighted by atomic mass is 9.95. The summed E-state index contributed by atoms with van der Waals surface area (Å²) < 4.78 is 12.3. The van der Waals surface area contributed by atoms with Gasteiger partial charge in [0, 0.05) is 18.0 Å². The topological polar surface area (TPSA) is 47.0 Å². The summed E-state index contributed by atoms with van der Waals surface area (Å²) in [6.45, 7) is 4.81. The molecule has 0 bridgehead atoms. The maximum atomic E-state index is 5.88. The summed E-state index contributed by atoms with van der Waals surface area (Å²) >= 11 is 5.52. The zero-order valence-corrected chi connectivity index (χ0v) is 18.7. The van der Waals surface area contributed by atoms with Crippen molar-refractivity contribution in [3.05, 3.63) is 52.3 Å². The molecule has 3 heterocycles. The maximum Gasteiger partial charge on any atom is 0.174 e. The number of thioether (sulfide) groups is 1. The molecule has 28 heavy (non-hydrogen) atoms. The number of nitrogens with zero attached hydrogens (tertiary/aromatic N) is 3. The summed E-state index contributed by atoms with van der Waals surface area (Å²) in [4.78, 5) is 12.2. The summed E-state index contributed by atoms with van der Waals surface area (Å²) in [5, 5.41) is 1.12. The van der Waals surface area contributed by atoms with E-state index in [1.807, 2.05) is 37.0 Å². The van der Waals surface area contributed by atoms with Gasteiger partial charge in [0.25, 0.3) is 0 Å². The normalized spacial score (nSPS) is 23.5. The van der Waals surface area contributed by atoms with Crippen LogP contribution in [0.25, 0.3) is 0 Å². The van der Waals surface area contributed by atoms with E-state index < -0.39 is 0 Å². The van der Waals surface area contributed by atoms with Crippen LogP contribution in [0.2, 0.25) is 0 Å². The molecule has 148 valence electrons. The summed E-state index contributed by atoms with van der Waals surface area (Å²) in [5.74, 6) is 2.56. The highest BCUT2D eigenvalue weighted by atomic mass is 79.9. The average Bonchev–Trinajstić information content (AvgIpc) is 3.27. The minimum Gasteiger partial charge on any atom is -0.492 e. The molecule has 5 nitrogen and oxygen atoms in total. The molecule has 1 aromatic carbocycles. The van der Waals surface area contributed by atoms with Gasteiger partial charge in [-0.25, -0.2) is 0 Å². The summed E-state index contributed by atoms with van der Waals surface area (Å²) in [6, 6.07) is 10.8. The third-order valence-corrected chi connectivity index (χ3v) is 6.92. The zero-order chi connectivity index (χ0) is 19.7. The predicted molar refractivity (Wildman–Crippen MR) is 117 cm³/mol. The van der Waals surface area contributed by atoms with E-state index in [2.05, 4.69) is 50.9 Å². The molecule has 0 radical (unpaired) electrons. The number of rotatable bonds is 6. The van der Waals surface area contributed by atoms with Crippen molar-refractivity contribution < 1.29 is 9.47 Å². The van der Waals surface area contributed by atoms with Crippen molar-refractivity contribution in [1.82, 2.24) is 9.88 Å². The van der Waals surface area contributed by atoms with Crippen LogP contribution in [0, 0.1) is 0 Å². The van der Waals surface area contributed by atoms with Gasteiger partial charge in [-0.05, 0) is 59.1 Å². The van der Waals surface area contributed by atoms with Gasteiger partial charge >= 0.3 is 0 Å². The Morgan fingerprint density at radius 1 is 1.29 bits per heavy atom. The van der Waals surface area contributed by atoms with Crippen LogP contribution < -0.4 is 9.47 Å². The van der Waals surface area contributed by atoms with Crippen LogP contribution in [0.5, 0.6) is 11.5 Å². The molecule has 3 atom stereocenters. The first-order valence-electron chi connectivity index (χ1n) is 9.58. The number of hydrogen-bond donors (Lipinski definition) is 0. The number of ether oxygens (including phenoxy) is 2. The van der Waals surface area contributed by atoms with Crippen molar-refractivity contribution in [3.8, 4) is 11.5 Å². The Morgan fingerprint density at radius 2 is 2.14 bits per heavy atom. The number of benzene rings is 1. The lowest BCUT2D eigenvalue weighted by molar-refractivity contribution is 0.253. The summed E-state index contributed by atoms with van der Waals surface area (Å²) in [5.41, 5.74) is 2.15. The minimum atomic E-state index is -0.0344. The van der Waals surface area contributed by atoms with E-state index in [1.54, 1.807) is 7.11 Å². The van der Waals surface area contributed by atoms with Gasteiger partial charge in [-0.15, -0.1) is 0 Å². The smallest absolute Gasteiger partial charge is 0.174 e. The molecule has 0 aliphatic carbocycles. The molecule has 2 aromatic rings.